The van der Waals surface area contributed by atoms with Crippen molar-refractivity contribution in [2.75, 3.05) is 0 Å². The average Bonchev–Trinajstić information content (AvgIpc) is 2.06. The van der Waals surface area contributed by atoms with Gasteiger partial charge in [0.15, 0.2) is 0 Å². The van der Waals surface area contributed by atoms with Crippen molar-refractivity contribution in [3.05, 3.63) is 47.5 Å². The molecule has 0 unspecified atom stereocenters. The number of hydrogen-bond acceptors (Lipinski definition) is 0. The van der Waals surface area contributed by atoms with Crippen molar-refractivity contribution in [3.8, 4) is 0 Å². The number of fused-ring (bicyclic) bond motifs is 1. The summed E-state index contributed by atoms with van der Waals surface area (Å²) in [7, 11) is 0. The summed E-state index contributed by atoms with van der Waals surface area (Å²) in [6.45, 7) is 0. The van der Waals surface area contributed by atoms with Crippen LogP contribution < -0.4 is 17.0 Å². The largest absolute Gasteiger partial charge is 2.00 e. The molecule has 0 aliphatic carbocycles. The van der Waals surface area contributed by atoms with Gasteiger partial charge in [0.05, 0.1) is 0 Å². The van der Waals surface area contributed by atoms with Gasteiger partial charge in [-0.3, -0.25) is 0 Å². The summed E-state index contributed by atoms with van der Waals surface area (Å²) in [5.41, 5.74) is 0. The fraction of sp³-hybridized carbons (Fsp3) is 0. The maximum absolute atomic E-state index is 5.93. The molecule has 0 atom stereocenters. The Morgan fingerprint density at radius 2 is 1.77 bits per heavy atom. The number of hydrogen-bond donors (Lipinski definition) is 0. The molecule has 2 aromatic rings. The SMILES string of the molecule is Clc1cccc2ccc[c-]c12.[Br-].[Mg+2]. The molecule has 0 N–H and O–H groups in total. The Hall–Kier alpha value is 0.236. The smallest absolute Gasteiger partial charge is 1.00 e. The van der Waals surface area contributed by atoms with E-state index in [9.17, 15) is 0 Å². The molecule has 0 bridgehead atoms. The van der Waals surface area contributed by atoms with E-state index in [1.807, 2.05) is 36.4 Å². The molecule has 2 rings (SSSR count). The molecule has 0 aliphatic rings. The van der Waals surface area contributed by atoms with E-state index in [1.165, 1.54) is 0 Å². The molecule has 62 valence electrons. The molecule has 3 heteroatoms. The molecule has 0 saturated carbocycles. The number of benzene rings is 2. The van der Waals surface area contributed by atoms with Gasteiger partial charge in [0.25, 0.3) is 0 Å². The average molecular weight is 266 g/mol. The Balaban J connectivity index is 0.000000720. The van der Waals surface area contributed by atoms with Gasteiger partial charge >= 0.3 is 23.1 Å². The molecule has 0 saturated heterocycles. The Morgan fingerprint density at radius 1 is 1.08 bits per heavy atom. The van der Waals surface area contributed by atoms with E-state index in [0.717, 1.165) is 15.8 Å². The van der Waals surface area contributed by atoms with Gasteiger partial charge in [0.1, 0.15) is 0 Å². The topological polar surface area (TPSA) is 0 Å². The fourth-order valence-corrected chi connectivity index (χ4v) is 1.35. The molecule has 0 radical (unpaired) electrons. The van der Waals surface area contributed by atoms with Crippen molar-refractivity contribution >= 4 is 45.4 Å². The van der Waals surface area contributed by atoms with Crippen LogP contribution in [-0.2, 0) is 0 Å². The normalized spacial score (nSPS) is 8.69. The van der Waals surface area contributed by atoms with Crippen LogP contribution in [0.25, 0.3) is 10.8 Å². The van der Waals surface area contributed by atoms with Crippen LogP contribution in [0.15, 0.2) is 36.4 Å². The predicted molar refractivity (Wildman–Crippen MR) is 53.5 cm³/mol. The van der Waals surface area contributed by atoms with E-state index in [2.05, 4.69) is 6.07 Å². The van der Waals surface area contributed by atoms with Gasteiger partial charge in [-0.05, 0) is 5.02 Å². The van der Waals surface area contributed by atoms with Gasteiger partial charge in [-0.2, -0.15) is 0 Å². The van der Waals surface area contributed by atoms with Crippen LogP contribution in [0, 0.1) is 6.07 Å². The first-order valence-electron chi connectivity index (χ1n) is 3.43. The van der Waals surface area contributed by atoms with Gasteiger partial charge in [-0.1, -0.05) is 18.2 Å². The van der Waals surface area contributed by atoms with Gasteiger partial charge in [-0.15, -0.1) is 46.6 Å². The molecule has 0 spiro atoms. The van der Waals surface area contributed by atoms with E-state index in [0.29, 0.717) is 0 Å². The molecule has 0 aliphatic heterocycles. The van der Waals surface area contributed by atoms with Crippen LogP contribution in [0.1, 0.15) is 0 Å². The van der Waals surface area contributed by atoms with Crippen LogP contribution in [0.5, 0.6) is 0 Å². The minimum atomic E-state index is 0. The summed E-state index contributed by atoms with van der Waals surface area (Å²) in [5, 5.41) is 2.90. The van der Waals surface area contributed by atoms with E-state index in [-0.39, 0.29) is 40.0 Å². The first kappa shape index (κ1) is 13.2. The maximum atomic E-state index is 5.93. The van der Waals surface area contributed by atoms with Gasteiger partial charge < -0.3 is 17.0 Å². The minimum absolute atomic E-state index is 0. The molecule has 0 fully saturated rings. The third kappa shape index (κ3) is 2.84. The molecule has 0 amide bonds. The van der Waals surface area contributed by atoms with E-state index in [4.69, 9.17) is 11.6 Å². The number of rotatable bonds is 0. The summed E-state index contributed by atoms with van der Waals surface area (Å²) in [6, 6.07) is 14.8. The van der Waals surface area contributed by atoms with E-state index >= 15 is 0 Å². The van der Waals surface area contributed by atoms with Crippen LogP contribution in [0.4, 0.5) is 0 Å². The zero-order valence-electron chi connectivity index (χ0n) is 6.93. The zero-order valence-corrected chi connectivity index (χ0v) is 10.7. The molecule has 2 aromatic carbocycles. The Morgan fingerprint density at radius 3 is 2.46 bits per heavy atom. The Labute approximate surface area is 109 Å². The molecular weight excluding hydrogens is 260 g/mol. The van der Waals surface area contributed by atoms with Gasteiger partial charge in [-0.25, -0.2) is 0 Å². The second-order valence-corrected chi connectivity index (χ2v) is 2.78. The van der Waals surface area contributed by atoms with Crippen LogP contribution >= 0.6 is 11.6 Å². The summed E-state index contributed by atoms with van der Waals surface area (Å²) < 4.78 is 0. The standard InChI is InChI=1S/C10H6Cl.BrH.Mg/c11-10-7-3-5-8-4-1-2-6-9(8)10;;/h1-5,7H;1H;/q-1;;+2/p-1. The molecule has 0 heterocycles. The molecule has 0 nitrogen and oxygen atoms in total. The quantitative estimate of drug-likeness (QED) is 0.462. The van der Waals surface area contributed by atoms with Crippen LogP contribution in [-0.4, -0.2) is 23.1 Å². The first-order valence-corrected chi connectivity index (χ1v) is 3.80. The maximum Gasteiger partial charge on any atom is 2.00 e. The Bertz CT molecular complexity index is 384. The Kier molecular flexibility index (Phi) is 5.97. The van der Waals surface area contributed by atoms with Crippen LogP contribution in [0.3, 0.4) is 0 Å². The first-order chi connectivity index (χ1) is 5.38. The fourth-order valence-electron chi connectivity index (χ4n) is 1.12. The second-order valence-electron chi connectivity index (χ2n) is 2.37. The summed E-state index contributed by atoms with van der Waals surface area (Å²) in [4.78, 5) is 0. The molecule has 13 heavy (non-hydrogen) atoms. The van der Waals surface area contributed by atoms with E-state index < -0.39 is 0 Å². The van der Waals surface area contributed by atoms with Gasteiger partial charge in [0, 0.05) is 0 Å². The van der Waals surface area contributed by atoms with Gasteiger partial charge in [0.2, 0.25) is 0 Å². The zero-order chi connectivity index (χ0) is 7.68. The summed E-state index contributed by atoms with van der Waals surface area (Å²) in [5.74, 6) is 0. The molecule has 0 aromatic heterocycles. The van der Waals surface area contributed by atoms with Crippen molar-refractivity contribution in [3.63, 3.8) is 0 Å². The monoisotopic (exact) mass is 264 g/mol. The third-order valence-electron chi connectivity index (χ3n) is 1.65. The van der Waals surface area contributed by atoms with Crippen molar-refractivity contribution in [2.24, 2.45) is 0 Å². The van der Waals surface area contributed by atoms with Crippen molar-refractivity contribution in [1.29, 1.82) is 0 Å². The molecular formula is C10H6BrClMg. The third-order valence-corrected chi connectivity index (χ3v) is 1.96. The van der Waals surface area contributed by atoms with E-state index in [1.54, 1.807) is 0 Å². The second kappa shape index (κ2) is 5.86. The summed E-state index contributed by atoms with van der Waals surface area (Å²) in [6.07, 6.45) is 0. The minimum Gasteiger partial charge on any atom is -1.00 e. The number of halogens is 2. The predicted octanol–water partition coefficient (Wildman–Crippen LogP) is -0.0834. The van der Waals surface area contributed by atoms with Crippen LogP contribution in [0.2, 0.25) is 5.02 Å². The summed E-state index contributed by atoms with van der Waals surface area (Å²) >= 11 is 5.93. The van der Waals surface area contributed by atoms with Crippen molar-refractivity contribution in [2.45, 2.75) is 0 Å². The van der Waals surface area contributed by atoms with Crippen molar-refractivity contribution in [1.82, 2.24) is 0 Å². The van der Waals surface area contributed by atoms with Crippen molar-refractivity contribution < 1.29 is 17.0 Å².